The van der Waals surface area contributed by atoms with E-state index in [-0.39, 0.29) is 31.0 Å². The van der Waals surface area contributed by atoms with Crippen LogP contribution >= 0.6 is 11.6 Å². The maximum atomic E-state index is 14.5. The maximum Gasteiger partial charge on any atom is 0.258 e. The van der Waals surface area contributed by atoms with E-state index >= 15 is 0 Å². The average Bonchev–Trinajstić information content (AvgIpc) is 2.87. The summed E-state index contributed by atoms with van der Waals surface area (Å²) in [5, 5.41) is 21.8. The Morgan fingerprint density at radius 2 is 1.94 bits per heavy atom. The Balaban J connectivity index is 1.69. The van der Waals surface area contributed by atoms with Crippen molar-refractivity contribution in [2.45, 2.75) is 6.10 Å². The molecule has 3 aromatic rings. The molecule has 1 aromatic heterocycles. The van der Waals surface area contributed by atoms with Gasteiger partial charge in [-0.3, -0.25) is 4.79 Å². The van der Waals surface area contributed by atoms with Crippen LogP contribution in [0, 0.1) is 5.82 Å². The van der Waals surface area contributed by atoms with Crippen LogP contribution in [0.4, 0.5) is 15.9 Å². The van der Waals surface area contributed by atoms with Crippen LogP contribution in [0.5, 0.6) is 5.75 Å². The van der Waals surface area contributed by atoms with Crippen molar-refractivity contribution in [1.82, 2.24) is 4.98 Å². The van der Waals surface area contributed by atoms with Gasteiger partial charge in [-0.05, 0) is 42.5 Å². The predicted octanol–water partition coefficient (Wildman–Crippen LogP) is 3.38. The summed E-state index contributed by atoms with van der Waals surface area (Å²) in [4.78, 5) is 18.8. The van der Waals surface area contributed by atoms with Gasteiger partial charge >= 0.3 is 0 Å². The fourth-order valence-electron chi connectivity index (χ4n) is 3.17. The third-order valence-electron chi connectivity index (χ3n) is 4.83. The SMILES string of the molecule is O=C(c1cc(Cl)cc(OCCNc2ccccn2)c1)N(CCOCC(O)CO)c1ccccc1F. The molecule has 3 N–H and O–H groups in total. The Labute approximate surface area is 207 Å². The van der Waals surface area contributed by atoms with E-state index < -0.39 is 24.4 Å². The summed E-state index contributed by atoms with van der Waals surface area (Å²) < 4.78 is 25.6. The number of aromatic nitrogens is 1. The topological polar surface area (TPSA) is 104 Å². The molecule has 8 nitrogen and oxygen atoms in total. The zero-order chi connectivity index (χ0) is 25.0. The van der Waals surface area contributed by atoms with Crippen molar-refractivity contribution in [1.29, 1.82) is 0 Å². The Kier molecular flexibility index (Phi) is 10.2. The fourth-order valence-corrected chi connectivity index (χ4v) is 3.40. The summed E-state index contributed by atoms with van der Waals surface area (Å²) >= 11 is 6.24. The lowest BCUT2D eigenvalue weighted by Gasteiger charge is -2.24. The number of nitrogens with one attached hydrogen (secondary N) is 1. The van der Waals surface area contributed by atoms with E-state index in [1.807, 2.05) is 18.2 Å². The Morgan fingerprint density at radius 3 is 2.69 bits per heavy atom. The van der Waals surface area contributed by atoms with E-state index in [2.05, 4.69) is 10.3 Å². The number of para-hydroxylation sites is 1. The highest BCUT2D eigenvalue weighted by Gasteiger charge is 2.22. The molecule has 186 valence electrons. The highest BCUT2D eigenvalue weighted by molar-refractivity contribution is 6.31. The number of anilines is 2. The van der Waals surface area contributed by atoms with E-state index in [1.54, 1.807) is 24.4 Å². The molecule has 3 rings (SSSR count). The van der Waals surface area contributed by atoms with Gasteiger partial charge in [0.2, 0.25) is 0 Å². The smallest absolute Gasteiger partial charge is 0.258 e. The molecule has 1 heterocycles. The largest absolute Gasteiger partial charge is 0.492 e. The van der Waals surface area contributed by atoms with E-state index in [4.69, 9.17) is 26.2 Å². The quantitative estimate of drug-likeness (QED) is 0.307. The lowest BCUT2D eigenvalue weighted by atomic mass is 10.1. The van der Waals surface area contributed by atoms with Gasteiger partial charge in [0.25, 0.3) is 5.91 Å². The van der Waals surface area contributed by atoms with Gasteiger partial charge in [0.15, 0.2) is 0 Å². The molecule has 10 heteroatoms. The van der Waals surface area contributed by atoms with E-state index in [0.717, 1.165) is 0 Å². The number of carbonyl (C=O) groups is 1. The number of aliphatic hydroxyl groups excluding tert-OH is 2. The third kappa shape index (κ3) is 8.18. The molecule has 1 amide bonds. The fraction of sp³-hybridized carbons (Fsp3) is 0.280. The molecule has 0 saturated heterocycles. The number of ether oxygens (including phenoxy) is 2. The number of pyridine rings is 1. The molecule has 0 spiro atoms. The molecular weight excluding hydrogens is 477 g/mol. The molecule has 1 atom stereocenters. The van der Waals surface area contributed by atoms with Crippen LogP contribution in [0.25, 0.3) is 0 Å². The molecule has 0 saturated carbocycles. The van der Waals surface area contributed by atoms with Gasteiger partial charge < -0.3 is 29.9 Å². The molecule has 35 heavy (non-hydrogen) atoms. The number of rotatable bonds is 13. The molecule has 0 aliphatic carbocycles. The van der Waals surface area contributed by atoms with Gasteiger partial charge in [-0.15, -0.1) is 0 Å². The minimum Gasteiger partial charge on any atom is -0.492 e. The average molecular weight is 504 g/mol. The molecular formula is C25H27ClFN3O5. The van der Waals surface area contributed by atoms with Gasteiger partial charge in [-0.25, -0.2) is 9.37 Å². The third-order valence-corrected chi connectivity index (χ3v) is 5.05. The molecule has 0 aliphatic heterocycles. The first-order valence-electron chi connectivity index (χ1n) is 11.0. The first kappa shape index (κ1) is 26.4. The molecule has 1 unspecified atom stereocenters. The number of hydrogen-bond acceptors (Lipinski definition) is 7. The highest BCUT2D eigenvalue weighted by Crippen LogP contribution is 2.25. The normalized spacial score (nSPS) is 11.7. The number of benzene rings is 2. The van der Waals surface area contributed by atoms with Crippen molar-refractivity contribution in [3.05, 3.63) is 83.3 Å². The number of amides is 1. The van der Waals surface area contributed by atoms with E-state index in [9.17, 15) is 14.3 Å². The van der Waals surface area contributed by atoms with E-state index in [0.29, 0.717) is 29.7 Å². The van der Waals surface area contributed by atoms with Crippen molar-refractivity contribution in [3.8, 4) is 5.75 Å². The predicted molar refractivity (Wildman–Crippen MR) is 132 cm³/mol. The first-order chi connectivity index (χ1) is 17.0. The maximum absolute atomic E-state index is 14.5. The number of hydrogen-bond donors (Lipinski definition) is 3. The highest BCUT2D eigenvalue weighted by atomic mass is 35.5. The van der Waals surface area contributed by atoms with Crippen molar-refractivity contribution < 1.29 is 28.9 Å². The molecule has 2 aromatic carbocycles. The lowest BCUT2D eigenvalue weighted by molar-refractivity contribution is 0.00841. The summed E-state index contributed by atoms with van der Waals surface area (Å²) in [5.74, 6) is 0.0301. The van der Waals surface area contributed by atoms with Crippen LogP contribution in [-0.4, -0.2) is 66.7 Å². The summed E-state index contributed by atoms with van der Waals surface area (Å²) in [6.45, 7) is 0.235. The van der Waals surface area contributed by atoms with Gasteiger partial charge in [-0.2, -0.15) is 0 Å². The van der Waals surface area contributed by atoms with Gasteiger partial charge in [0.1, 0.15) is 30.1 Å². The van der Waals surface area contributed by atoms with Crippen LogP contribution in [0.15, 0.2) is 66.9 Å². The zero-order valence-electron chi connectivity index (χ0n) is 18.9. The Morgan fingerprint density at radius 1 is 1.14 bits per heavy atom. The van der Waals surface area contributed by atoms with Crippen molar-refractivity contribution >= 4 is 29.0 Å². The van der Waals surface area contributed by atoms with Gasteiger partial charge in [-0.1, -0.05) is 29.8 Å². The monoisotopic (exact) mass is 503 g/mol. The Hall–Kier alpha value is -3.24. The molecule has 0 fully saturated rings. The lowest BCUT2D eigenvalue weighted by Crippen LogP contribution is -2.35. The second kappa shape index (κ2) is 13.6. The van der Waals surface area contributed by atoms with Crippen molar-refractivity contribution in [2.24, 2.45) is 0 Å². The van der Waals surface area contributed by atoms with Crippen LogP contribution in [-0.2, 0) is 4.74 Å². The van der Waals surface area contributed by atoms with Crippen LogP contribution < -0.4 is 15.0 Å². The summed E-state index contributed by atoms with van der Waals surface area (Å²) in [5.41, 5.74) is 0.287. The van der Waals surface area contributed by atoms with E-state index in [1.165, 1.54) is 29.2 Å². The molecule has 0 bridgehead atoms. The Bertz CT molecular complexity index is 1090. The number of halogens is 2. The van der Waals surface area contributed by atoms with Crippen LogP contribution in [0.3, 0.4) is 0 Å². The first-order valence-corrected chi connectivity index (χ1v) is 11.4. The standard InChI is InChI=1S/C25H27ClFN3O5/c26-19-13-18(14-21(15-19)35-11-9-29-24-7-3-4-8-28-24)25(33)30(10-12-34-17-20(32)16-31)23-6-2-1-5-22(23)27/h1-8,13-15,20,31-32H,9-12,16-17H2,(H,28,29). The minimum atomic E-state index is -1.03. The molecule has 0 aliphatic rings. The van der Waals surface area contributed by atoms with Crippen molar-refractivity contribution in [2.75, 3.05) is 49.7 Å². The second-order valence-electron chi connectivity index (χ2n) is 7.49. The van der Waals surface area contributed by atoms with Gasteiger partial charge in [0.05, 0.1) is 32.1 Å². The number of carbonyl (C=O) groups excluding carboxylic acids is 1. The summed E-state index contributed by atoms with van der Waals surface area (Å²) in [6, 6.07) is 16.0. The number of aliphatic hydroxyl groups is 2. The van der Waals surface area contributed by atoms with Gasteiger partial charge in [0, 0.05) is 23.3 Å². The van der Waals surface area contributed by atoms with Crippen LogP contribution in [0.2, 0.25) is 5.02 Å². The second-order valence-corrected chi connectivity index (χ2v) is 7.92. The van der Waals surface area contributed by atoms with Crippen molar-refractivity contribution in [3.63, 3.8) is 0 Å². The minimum absolute atomic E-state index is 0.00855. The summed E-state index contributed by atoms with van der Waals surface area (Å²) in [6.07, 6.45) is 0.645. The summed E-state index contributed by atoms with van der Waals surface area (Å²) in [7, 11) is 0. The van der Waals surface area contributed by atoms with Crippen LogP contribution in [0.1, 0.15) is 10.4 Å². The number of nitrogens with zero attached hydrogens (tertiary/aromatic N) is 2. The molecule has 0 radical (unpaired) electrons. The zero-order valence-corrected chi connectivity index (χ0v) is 19.7.